The van der Waals surface area contributed by atoms with Gasteiger partial charge in [-0.2, -0.15) is 0 Å². The first-order chi connectivity index (χ1) is 9.06. The molecule has 0 saturated heterocycles. The number of nitrogens with zero attached hydrogens (tertiary/aromatic N) is 2. The summed E-state index contributed by atoms with van der Waals surface area (Å²) in [5.41, 5.74) is 6.88. The Bertz CT molecular complexity index is 599. The SMILES string of the molecule is Cc1nccc(-c2cccc(O[C@@H](C)C(N)=O)c2)n1. The third-order valence-corrected chi connectivity index (χ3v) is 2.62. The highest BCUT2D eigenvalue weighted by atomic mass is 16.5. The topological polar surface area (TPSA) is 78.1 Å². The zero-order valence-corrected chi connectivity index (χ0v) is 10.8. The number of benzene rings is 1. The van der Waals surface area contributed by atoms with Crippen LogP contribution >= 0.6 is 0 Å². The van der Waals surface area contributed by atoms with Gasteiger partial charge in [0.2, 0.25) is 0 Å². The van der Waals surface area contributed by atoms with Crippen LogP contribution in [0, 0.1) is 6.92 Å². The van der Waals surface area contributed by atoms with Gasteiger partial charge >= 0.3 is 0 Å². The smallest absolute Gasteiger partial charge is 0.258 e. The minimum absolute atomic E-state index is 0.497. The lowest BCUT2D eigenvalue weighted by molar-refractivity contribution is -0.123. The summed E-state index contributed by atoms with van der Waals surface area (Å²) >= 11 is 0. The van der Waals surface area contributed by atoms with Crippen molar-refractivity contribution in [2.45, 2.75) is 20.0 Å². The van der Waals surface area contributed by atoms with Crippen molar-refractivity contribution >= 4 is 5.91 Å². The van der Waals surface area contributed by atoms with Gasteiger partial charge in [0, 0.05) is 11.8 Å². The number of primary amides is 1. The zero-order chi connectivity index (χ0) is 13.8. The number of carbonyl (C=O) groups is 1. The first kappa shape index (κ1) is 13.0. The lowest BCUT2D eigenvalue weighted by Crippen LogP contribution is -2.30. The van der Waals surface area contributed by atoms with Crippen LogP contribution in [0.3, 0.4) is 0 Å². The molecule has 1 atom stereocenters. The molecule has 2 aromatic rings. The molecular weight excluding hydrogens is 242 g/mol. The summed E-state index contributed by atoms with van der Waals surface area (Å²) in [6.07, 6.45) is 1.04. The molecule has 2 N–H and O–H groups in total. The van der Waals surface area contributed by atoms with Crippen molar-refractivity contribution < 1.29 is 9.53 Å². The molecule has 0 radical (unpaired) electrons. The van der Waals surface area contributed by atoms with E-state index in [2.05, 4.69) is 9.97 Å². The fourth-order valence-corrected chi connectivity index (χ4v) is 1.61. The van der Waals surface area contributed by atoms with E-state index in [0.29, 0.717) is 11.6 Å². The van der Waals surface area contributed by atoms with Gasteiger partial charge in [-0.1, -0.05) is 12.1 Å². The van der Waals surface area contributed by atoms with Crippen molar-refractivity contribution in [2.24, 2.45) is 5.73 Å². The Hall–Kier alpha value is -2.43. The Kier molecular flexibility index (Phi) is 3.75. The number of aryl methyl sites for hydroxylation is 1. The minimum atomic E-state index is -0.664. The predicted molar refractivity (Wildman–Crippen MR) is 71.5 cm³/mol. The van der Waals surface area contributed by atoms with Gasteiger partial charge in [0.25, 0.3) is 5.91 Å². The number of amides is 1. The van der Waals surface area contributed by atoms with E-state index in [1.54, 1.807) is 19.2 Å². The first-order valence-corrected chi connectivity index (χ1v) is 5.92. The van der Waals surface area contributed by atoms with Crippen LogP contribution in [-0.2, 0) is 4.79 Å². The van der Waals surface area contributed by atoms with Crippen molar-refractivity contribution in [2.75, 3.05) is 0 Å². The van der Waals surface area contributed by atoms with Crippen LogP contribution in [0.25, 0.3) is 11.3 Å². The van der Waals surface area contributed by atoms with E-state index in [1.807, 2.05) is 31.2 Å². The quantitative estimate of drug-likeness (QED) is 0.904. The number of rotatable bonds is 4. The van der Waals surface area contributed by atoms with Crippen molar-refractivity contribution in [3.05, 3.63) is 42.4 Å². The summed E-state index contributed by atoms with van der Waals surface area (Å²) in [5.74, 6) is 0.790. The van der Waals surface area contributed by atoms with Crippen molar-refractivity contribution in [3.8, 4) is 17.0 Å². The molecule has 98 valence electrons. The average molecular weight is 257 g/mol. The highest BCUT2D eigenvalue weighted by Crippen LogP contribution is 2.22. The number of carbonyl (C=O) groups excluding carboxylic acids is 1. The monoisotopic (exact) mass is 257 g/mol. The number of hydrogen-bond donors (Lipinski definition) is 1. The summed E-state index contributed by atoms with van der Waals surface area (Å²) in [6.45, 7) is 3.45. The molecule has 5 heteroatoms. The van der Waals surface area contributed by atoms with Gasteiger partial charge in [0.1, 0.15) is 11.6 Å². The maximum absolute atomic E-state index is 11.0. The van der Waals surface area contributed by atoms with Crippen molar-refractivity contribution in [1.82, 2.24) is 9.97 Å². The molecule has 19 heavy (non-hydrogen) atoms. The summed E-state index contributed by atoms with van der Waals surface area (Å²) in [7, 11) is 0. The Labute approximate surface area is 111 Å². The van der Waals surface area contributed by atoms with Gasteiger partial charge in [-0.3, -0.25) is 4.79 Å². The van der Waals surface area contributed by atoms with E-state index < -0.39 is 12.0 Å². The Morgan fingerprint density at radius 1 is 1.37 bits per heavy atom. The number of nitrogens with two attached hydrogens (primary N) is 1. The van der Waals surface area contributed by atoms with Gasteiger partial charge < -0.3 is 10.5 Å². The van der Waals surface area contributed by atoms with Gasteiger partial charge in [-0.25, -0.2) is 9.97 Å². The predicted octanol–water partition coefficient (Wildman–Crippen LogP) is 1.70. The number of aromatic nitrogens is 2. The van der Waals surface area contributed by atoms with Gasteiger partial charge in [0.15, 0.2) is 6.10 Å². The van der Waals surface area contributed by atoms with E-state index in [4.69, 9.17) is 10.5 Å². The molecular formula is C14H15N3O2. The Balaban J connectivity index is 2.27. The molecule has 1 aromatic heterocycles. The van der Waals surface area contributed by atoms with E-state index in [-0.39, 0.29) is 0 Å². The molecule has 0 saturated carbocycles. The Morgan fingerprint density at radius 3 is 2.84 bits per heavy atom. The molecule has 0 aliphatic rings. The van der Waals surface area contributed by atoms with Gasteiger partial charge in [0.05, 0.1) is 5.69 Å². The second-order valence-electron chi connectivity index (χ2n) is 4.18. The highest BCUT2D eigenvalue weighted by molar-refractivity contribution is 5.78. The van der Waals surface area contributed by atoms with Crippen LogP contribution in [0.5, 0.6) is 5.75 Å². The van der Waals surface area contributed by atoms with E-state index >= 15 is 0 Å². The van der Waals surface area contributed by atoms with Crippen LogP contribution in [0.2, 0.25) is 0 Å². The molecule has 1 aromatic carbocycles. The summed E-state index contributed by atoms with van der Waals surface area (Å²) in [6, 6.07) is 9.18. The standard InChI is InChI=1S/C14H15N3O2/c1-9(14(15)18)19-12-5-3-4-11(8-12)13-6-7-16-10(2)17-13/h3-9H,1-2H3,(H2,15,18)/t9-/m0/s1. The molecule has 0 aliphatic heterocycles. The fourth-order valence-electron chi connectivity index (χ4n) is 1.61. The molecule has 0 aliphatic carbocycles. The zero-order valence-electron chi connectivity index (χ0n) is 10.8. The molecule has 1 amide bonds. The normalized spacial score (nSPS) is 11.9. The summed E-state index contributed by atoms with van der Waals surface area (Å²) in [4.78, 5) is 19.4. The lowest BCUT2D eigenvalue weighted by atomic mass is 10.1. The lowest BCUT2D eigenvalue weighted by Gasteiger charge is -2.12. The molecule has 0 spiro atoms. The second-order valence-corrected chi connectivity index (χ2v) is 4.18. The number of ether oxygens (including phenoxy) is 1. The highest BCUT2D eigenvalue weighted by Gasteiger charge is 2.10. The second kappa shape index (κ2) is 5.48. The van der Waals surface area contributed by atoms with Gasteiger partial charge in [-0.15, -0.1) is 0 Å². The average Bonchev–Trinajstić information content (AvgIpc) is 2.39. The molecule has 5 nitrogen and oxygen atoms in total. The van der Waals surface area contributed by atoms with E-state index in [0.717, 1.165) is 11.3 Å². The van der Waals surface area contributed by atoms with Crippen molar-refractivity contribution in [1.29, 1.82) is 0 Å². The fraction of sp³-hybridized carbons (Fsp3) is 0.214. The summed E-state index contributed by atoms with van der Waals surface area (Å²) < 4.78 is 5.45. The molecule has 0 fully saturated rings. The maximum Gasteiger partial charge on any atom is 0.258 e. The van der Waals surface area contributed by atoms with Crippen LogP contribution in [0.1, 0.15) is 12.7 Å². The third kappa shape index (κ3) is 3.28. The van der Waals surface area contributed by atoms with Crippen molar-refractivity contribution in [3.63, 3.8) is 0 Å². The Morgan fingerprint density at radius 2 is 2.16 bits per heavy atom. The molecule has 1 heterocycles. The third-order valence-electron chi connectivity index (χ3n) is 2.62. The minimum Gasteiger partial charge on any atom is -0.481 e. The maximum atomic E-state index is 11.0. The number of hydrogen-bond acceptors (Lipinski definition) is 4. The first-order valence-electron chi connectivity index (χ1n) is 5.92. The molecule has 0 bridgehead atoms. The van der Waals surface area contributed by atoms with Crippen LogP contribution in [0.4, 0.5) is 0 Å². The van der Waals surface area contributed by atoms with Crippen LogP contribution in [-0.4, -0.2) is 22.0 Å². The van der Waals surface area contributed by atoms with Crippen LogP contribution in [0.15, 0.2) is 36.5 Å². The van der Waals surface area contributed by atoms with E-state index in [9.17, 15) is 4.79 Å². The van der Waals surface area contributed by atoms with Gasteiger partial charge in [-0.05, 0) is 32.0 Å². The van der Waals surface area contributed by atoms with E-state index in [1.165, 1.54) is 0 Å². The van der Waals surface area contributed by atoms with Crippen LogP contribution < -0.4 is 10.5 Å². The summed E-state index contributed by atoms with van der Waals surface area (Å²) in [5, 5.41) is 0. The largest absolute Gasteiger partial charge is 0.481 e. The molecule has 2 rings (SSSR count). The molecule has 0 unspecified atom stereocenters.